The Kier molecular flexibility index (Phi) is 9.94. The van der Waals surface area contributed by atoms with Gasteiger partial charge >= 0.3 is 0 Å². The average molecular weight is 751 g/mol. The van der Waals surface area contributed by atoms with E-state index in [2.05, 4.69) is 146 Å². The highest BCUT2D eigenvalue weighted by atomic mass is 28.4. The summed E-state index contributed by atoms with van der Waals surface area (Å²) in [5, 5.41) is 0. The summed E-state index contributed by atoms with van der Waals surface area (Å²) < 4.78 is 8.01. The van der Waals surface area contributed by atoms with Crippen molar-refractivity contribution >= 4 is 37.1 Å². The lowest BCUT2D eigenvalue weighted by molar-refractivity contribution is 0.432. The van der Waals surface area contributed by atoms with Crippen LogP contribution in [0, 0.1) is 18.8 Å². The molecule has 268 valence electrons. The van der Waals surface area contributed by atoms with Gasteiger partial charge in [-0.1, -0.05) is 98.3 Å². The van der Waals surface area contributed by atoms with Crippen LogP contribution in [-0.2, 0) is 55.5 Å². The molecule has 0 bridgehead atoms. The molecule has 4 aromatic rings. The smallest absolute Gasteiger partial charge is 0.177 e. The molecule has 8 unspecified atom stereocenters. The number of aryl methyl sites for hydroxylation is 1. The van der Waals surface area contributed by atoms with Crippen molar-refractivity contribution in [3.8, 4) is 0 Å². The third kappa shape index (κ3) is 7.03. The molecule has 0 saturated heterocycles. The molecule has 0 heterocycles. The van der Waals surface area contributed by atoms with Gasteiger partial charge in [-0.15, -0.1) is 0 Å². The van der Waals surface area contributed by atoms with Gasteiger partial charge in [0.05, 0.1) is 0 Å². The van der Waals surface area contributed by atoms with Crippen LogP contribution in [0.3, 0.4) is 0 Å². The number of rotatable bonds is 6. The first kappa shape index (κ1) is 36.7. The van der Waals surface area contributed by atoms with Crippen molar-refractivity contribution in [1.29, 1.82) is 0 Å². The lowest BCUT2D eigenvalue weighted by Crippen LogP contribution is -2.54. The predicted octanol–water partition coefficient (Wildman–Crippen LogP) is 11.0. The zero-order valence-electron chi connectivity index (χ0n) is 32.7. The van der Waals surface area contributed by atoms with E-state index in [0.29, 0.717) is 45.8 Å². The van der Waals surface area contributed by atoms with Gasteiger partial charge in [-0.25, -0.2) is 0 Å². The van der Waals surface area contributed by atoms with Gasteiger partial charge in [0.2, 0.25) is 0 Å². The van der Waals surface area contributed by atoms with Gasteiger partial charge in [0, 0.05) is 20.5 Å². The lowest BCUT2D eigenvalue weighted by Gasteiger charge is -2.49. The molecule has 1 nitrogen and oxygen atoms in total. The van der Waals surface area contributed by atoms with Crippen LogP contribution in [0.4, 0.5) is 0 Å². The summed E-state index contributed by atoms with van der Waals surface area (Å²) >= 11 is 0. The first-order valence-corrected chi connectivity index (χ1v) is 27.4. The van der Waals surface area contributed by atoms with Crippen LogP contribution in [-0.4, -0.2) is 37.1 Å². The van der Waals surface area contributed by atoms with Crippen LogP contribution in [0.1, 0.15) is 86.9 Å². The molecule has 0 saturated carbocycles. The van der Waals surface area contributed by atoms with Crippen molar-refractivity contribution in [1.82, 2.24) is 0 Å². The van der Waals surface area contributed by atoms with Crippen LogP contribution < -0.4 is 0 Å². The Morgan fingerprint density at radius 3 is 1.40 bits per heavy atom. The third-order valence-electron chi connectivity index (χ3n) is 14.2. The quantitative estimate of drug-likeness (QED) is 0.178. The number of benzene rings is 4. The number of hydrogen-bond acceptors (Lipinski definition) is 1. The van der Waals surface area contributed by atoms with Gasteiger partial charge in [0.1, 0.15) is 0 Å². The fourth-order valence-electron chi connectivity index (χ4n) is 11.0. The van der Waals surface area contributed by atoms with E-state index in [0.717, 1.165) is 38.5 Å². The van der Waals surface area contributed by atoms with E-state index in [-0.39, 0.29) is 0 Å². The Morgan fingerprint density at radius 1 is 0.481 bits per heavy atom. The summed E-state index contributed by atoms with van der Waals surface area (Å²) in [7, 11) is 3.73. The van der Waals surface area contributed by atoms with Crippen molar-refractivity contribution in [2.45, 2.75) is 132 Å². The first-order valence-electron chi connectivity index (χ1n) is 20.3. The van der Waals surface area contributed by atoms with E-state index in [1.165, 1.54) is 18.4 Å². The highest BCUT2D eigenvalue weighted by Gasteiger charge is 2.50. The Hall–Kier alpha value is -2.29. The summed E-state index contributed by atoms with van der Waals surface area (Å²) in [4.78, 5) is 0. The van der Waals surface area contributed by atoms with Crippen LogP contribution in [0.15, 0.2) is 78.9 Å². The molecule has 4 aliphatic rings. The van der Waals surface area contributed by atoms with Crippen LogP contribution in [0.5, 0.6) is 0 Å². The molecule has 0 fully saturated rings. The van der Waals surface area contributed by atoms with Gasteiger partial charge in [-0.3, -0.25) is 0 Å². The van der Waals surface area contributed by atoms with Crippen molar-refractivity contribution in [3.63, 3.8) is 0 Å². The molecular formula is C47H58OSi4. The zero-order chi connectivity index (χ0) is 36.5. The minimum absolute atomic E-state index is 0.488. The number of fused-ring (bicyclic) bond motifs is 4. The third-order valence-corrected chi connectivity index (χ3v) is 24.7. The molecule has 0 N–H and O–H groups in total. The molecule has 0 amide bonds. The molecule has 4 aromatic carbocycles. The largest absolute Gasteiger partial charge is 0.455 e. The Morgan fingerprint density at radius 2 is 0.885 bits per heavy atom. The predicted molar refractivity (Wildman–Crippen MR) is 227 cm³/mol. The summed E-state index contributed by atoms with van der Waals surface area (Å²) in [6, 6.07) is 31.7. The van der Waals surface area contributed by atoms with Crippen molar-refractivity contribution in [3.05, 3.63) is 140 Å². The van der Waals surface area contributed by atoms with Crippen LogP contribution >= 0.6 is 0 Å². The molecule has 8 rings (SSSR count). The standard InChI is InChI=1S/C47H58OSi4/c1-29-12-13-36-28-47(43(24-39(36)18-29)38-17-15-35-20-31(3)45(50)26-41(35)22-38)52(6,7)48-51(4,5)46-27-33-11-9-8-10-32(33)23-42(46)37-16-14-34-19-30(2)44(49)25-40(34)21-37/h8-18,21-22,30-31,42-47H,19-20,23-28H2,1-7H3. The Balaban J connectivity index is 1.14. The normalized spacial score (nSPS) is 28.7. The van der Waals surface area contributed by atoms with Gasteiger partial charge in [0.25, 0.3) is 0 Å². The van der Waals surface area contributed by atoms with Gasteiger partial charge in [-0.05, 0) is 186 Å². The number of hydrogen-bond donors (Lipinski definition) is 0. The monoisotopic (exact) mass is 750 g/mol. The second kappa shape index (κ2) is 14.1. The van der Waals surface area contributed by atoms with E-state index in [9.17, 15) is 0 Å². The molecule has 6 radical (unpaired) electrons. The average Bonchev–Trinajstić information content (AvgIpc) is 3.10. The second-order valence-electron chi connectivity index (χ2n) is 18.6. The molecule has 8 atom stereocenters. The minimum atomic E-state index is -2.23. The maximum atomic E-state index is 8.01. The maximum Gasteiger partial charge on any atom is 0.177 e. The summed E-state index contributed by atoms with van der Waals surface area (Å²) in [5.74, 6) is 2.34. The van der Waals surface area contributed by atoms with Gasteiger partial charge in [0.15, 0.2) is 16.6 Å². The van der Waals surface area contributed by atoms with Gasteiger partial charge in [-0.2, -0.15) is 0 Å². The fourth-order valence-corrected chi connectivity index (χ4v) is 22.3. The molecule has 4 aliphatic carbocycles. The molecular weight excluding hydrogens is 693 g/mol. The fraction of sp³-hybridized carbons (Fsp3) is 0.489. The van der Waals surface area contributed by atoms with E-state index in [4.69, 9.17) is 4.12 Å². The minimum Gasteiger partial charge on any atom is -0.455 e. The molecule has 5 heteroatoms. The maximum absolute atomic E-state index is 8.01. The Labute approximate surface area is 323 Å². The molecule has 0 spiro atoms. The van der Waals surface area contributed by atoms with Gasteiger partial charge < -0.3 is 4.12 Å². The summed E-state index contributed by atoms with van der Waals surface area (Å²) in [6.45, 7) is 17.4. The molecule has 52 heavy (non-hydrogen) atoms. The van der Waals surface area contributed by atoms with Crippen LogP contribution in [0.25, 0.3) is 0 Å². The summed E-state index contributed by atoms with van der Waals surface area (Å²) in [6.07, 6.45) is 9.12. The van der Waals surface area contributed by atoms with Crippen molar-refractivity contribution < 1.29 is 4.12 Å². The highest BCUT2D eigenvalue weighted by Crippen LogP contribution is 2.52. The topological polar surface area (TPSA) is 9.23 Å². The van der Waals surface area contributed by atoms with Crippen molar-refractivity contribution in [2.75, 3.05) is 0 Å². The highest BCUT2D eigenvalue weighted by molar-refractivity contribution is 6.86. The van der Waals surface area contributed by atoms with E-state index < -0.39 is 16.6 Å². The first-order chi connectivity index (χ1) is 24.8. The molecule has 0 aromatic heterocycles. The van der Waals surface area contributed by atoms with E-state index in [1.807, 2.05) is 0 Å². The van der Waals surface area contributed by atoms with Crippen molar-refractivity contribution in [2.24, 2.45) is 11.8 Å². The Bertz CT molecular complexity index is 1960. The van der Waals surface area contributed by atoms with E-state index >= 15 is 0 Å². The lowest BCUT2D eigenvalue weighted by atomic mass is 9.77. The van der Waals surface area contributed by atoms with Crippen LogP contribution in [0.2, 0.25) is 48.4 Å². The SMILES string of the molecule is Cc1ccc2c(c1)CC(c1ccc3c(c1)CC([Si])C(C)C3)C([Si](C)(C)O[Si](C)(C)C1Cc3ccccc3CC1c1ccc3c(c1)CC([Si])C(C)C3)C2. The van der Waals surface area contributed by atoms with E-state index in [1.54, 1.807) is 55.6 Å². The zero-order valence-corrected chi connectivity index (χ0v) is 36.7. The second-order valence-corrected chi connectivity index (χ2v) is 28.8. The molecule has 0 aliphatic heterocycles. The summed E-state index contributed by atoms with van der Waals surface area (Å²) in [5.41, 5.74) is 19.1.